The third-order valence-electron chi connectivity index (χ3n) is 4.61. The molecule has 22 heavy (non-hydrogen) atoms. The fraction of sp³-hybridized carbons (Fsp3) is 0.667. The quantitative estimate of drug-likeness (QED) is 0.832. The fourth-order valence-corrected chi connectivity index (χ4v) is 3.35. The summed E-state index contributed by atoms with van der Waals surface area (Å²) in [6, 6.07) is 0. The molecule has 1 aliphatic heterocycles. The average Bonchev–Trinajstić information content (AvgIpc) is 2.85. The number of likely N-dealkylation sites (tertiary alicyclic amines) is 1. The molecule has 2 heterocycles. The van der Waals surface area contributed by atoms with Crippen LogP contribution >= 0.6 is 11.6 Å². The molecule has 1 aromatic heterocycles. The van der Waals surface area contributed by atoms with Crippen LogP contribution in [-0.4, -0.2) is 44.7 Å². The van der Waals surface area contributed by atoms with Gasteiger partial charge in [-0.2, -0.15) is 0 Å². The van der Waals surface area contributed by atoms with Crippen LogP contribution in [-0.2, 0) is 0 Å². The number of hydrogen-bond acceptors (Lipinski definition) is 4. The highest BCUT2D eigenvalue weighted by Crippen LogP contribution is 2.43. The van der Waals surface area contributed by atoms with E-state index in [0.29, 0.717) is 18.9 Å². The second kappa shape index (κ2) is 5.91. The predicted molar refractivity (Wildman–Crippen MR) is 86.4 cm³/mol. The van der Waals surface area contributed by atoms with Crippen molar-refractivity contribution in [3.8, 4) is 0 Å². The highest BCUT2D eigenvalue weighted by molar-refractivity contribution is 6.28. The Balaban J connectivity index is 2.29. The maximum Gasteiger partial charge on any atom is 0.407 e. The van der Waals surface area contributed by atoms with Gasteiger partial charge in [0.1, 0.15) is 5.82 Å². The van der Waals surface area contributed by atoms with E-state index in [-0.39, 0.29) is 10.7 Å². The molecule has 2 rings (SSSR count). The van der Waals surface area contributed by atoms with Gasteiger partial charge in [-0.05, 0) is 36.8 Å². The summed E-state index contributed by atoms with van der Waals surface area (Å²) in [6.07, 6.45) is 2.49. The first-order chi connectivity index (χ1) is 10.2. The van der Waals surface area contributed by atoms with Crippen molar-refractivity contribution >= 4 is 23.5 Å². The predicted octanol–water partition coefficient (Wildman–Crippen LogP) is 3.41. The summed E-state index contributed by atoms with van der Waals surface area (Å²) in [4.78, 5) is 21.3. The van der Waals surface area contributed by atoms with Crippen molar-refractivity contribution in [1.82, 2.24) is 14.9 Å². The van der Waals surface area contributed by atoms with Crippen molar-refractivity contribution in [1.29, 1.82) is 0 Å². The minimum absolute atomic E-state index is 0.180. The van der Waals surface area contributed by atoms with Gasteiger partial charge in [-0.15, -0.1) is 0 Å². The number of hydrogen-bond donors (Lipinski definition) is 2. The number of rotatable bonds is 3. The Morgan fingerprint density at radius 1 is 1.55 bits per heavy atom. The van der Waals surface area contributed by atoms with E-state index in [2.05, 4.69) is 36.1 Å². The molecule has 1 saturated heterocycles. The first kappa shape index (κ1) is 16.8. The lowest BCUT2D eigenvalue weighted by Crippen LogP contribution is -2.59. The van der Waals surface area contributed by atoms with Crippen LogP contribution in [0.25, 0.3) is 0 Å². The number of aromatic nitrogens is 2. The number of nitrogens with one attached hydrogen (secondary N) is 1. The molecule has 1 unspecified atom stereocenters. The Morgan fingerprint density at radius 3 is 2.82 bits per heavy atom. The second-order valence-electron chi connectivity index (χ2n) is 6.84. The molecule has 1 fully saturated rings. The molecule has 0 saturated carbocycles. The van der Waals surface area contributed by atoms with Crippen LogP contribution < -0.4 is 5.32 Å². The largest absolute Gasteiger partial charge is 0.465 e. The molecule has 0 spiro atoms. The molecule has 1 aliphatic rings. The topological polar surface area (TPSA) is 78.4 Å². The van der Waals surface area contributed by atoms with E-state index in [1.54, 1.807) is 11.1 Å². The van der Waals surface area contributed by atoms with E-state index in [1.807, 2.05) is 6.92 Å². The number of carbonyl (C=O) groups is 1. The lowest BCUT2D eigenvalue weighted by molar-refractivity contribution is 0.0399. The van der Waals surface area contributed by atoms with Gasteiger partial charge < -0.3 is 15.3 Å². The van der Waals surface area contributed by atoms with Crippen LogP contribution in [0.3, 0.4) is 0 Å². The molecule has 0 bridgehead atoms. The van der Waals surface area contributed by atoms with Gasteiger partial charge in [-0.1, -0.05) is 20.8 Å². The van der Waals surface area contributed by atoms with E-state index in [0.717, 1.165) is 18.4 Å². The molecular weight excluding hydrogens is 304 g/mol. The SMILES string of the molecule is Cc1cnc(Cl)nc1NCC1(C(C)(C)C)CCCN1C(=O)O. The summed E-state index contributed by atoms with van der Waals surface area (Å²) in [5.74, 6) is 0.654. The van der Waals surface area contributed by atoms with Crippen molar-refractivity contribution in [2.75, 3.05) is 18.4 Å². The molecule has 2 N–H and O–H groups in total. The van der Waals surface area contributed by atoms with Crippen molar-refractivity contribution < 1.29 is 9.90 Å². The maximum atomic E-state index is 11.6. The van der Waals surface area contributed by atoms with E-state index in [1.165, 1.54) is 0 Å². The molecule has 122 valence electrons. The molecule has 0 aromatic carbocycles. The van der Waals surface area contributed by atoms with Crippen LogP contribution in [0.5, 0.6) is 0 Å². The van der Waals surface area contributed by atoms with Crippen LogP contribution in [0.4, 0.5) is 10.6 Å². The zero-order valence-electron chi connectivity index (χ0n) is 13.5. The lowest BCUT2D eigenvalue weighted by Gasteiger charge is -2.47. The van der Waals surface area contributed by atoms with Crippen molar-refractivity contribution in [3.05, 3.63) is 17.0 Å². The standard InChI is InChI=1S/C15H23ClN4O2/c1-10-8-17-12(16)19-11(10)18-9-15(14(2,3)4)6-5-7-20(15)13(21)22/h8H,5-7,9H2,1-4H3,(H,21,22)(H,17,18,19). The van der Waals surface area contributed by atoms with Gasteiger partial charge in [0.15, 0.2) is 0 Å². The molecule has 7 heteroatoms. The first-order valence-corrected chi connectivity index (χ1v) is 7.79. The Morgan fingerprint density at radius 2 is 2.23 bits per heavy atom. The number of halogens is 1. The van der Waals surface area contributed by atoms with Crippen molar-refractivity contribution in [3.63, 3.8) is 0 Å². The molecular formula is C15H23ClN4O2. The van der Waals surface area contributed by atoms with Crippen molar-refractivity contribution in [2.24, 2.45) is 5.41 Å². The van der Waals surface area contributed by atoms with Gasteiger partial charge in [0.25, 0.3) is 0 Å². The van der Waals surface area contributed by atoms with Crippen LogP contribution in [0, 0.1) is 12.3 Å². The monoisotopic (exact) mass is 326 g/mol. The van der Waals surface area contributed by atoms with Crippen LogP contribution in [0.1, 0.15) is 39.2 Å². The minimum atomic E-state index is -0.869. The molecule has 1 atom stereocenters. The highest BCUT2D eigenvalue weighted by Gasteiger charge is 2.51. The van der Waals surface area contributed by atoms with Gasteiger partial charge in [-0.3, -0.25) is 0 Å². The number of amides is 1. The average molecular weight is 327 g/mol. The Bertz CT molecular complexity index is 573. The fourth-order valence-electron chi connectivity index (χ4n) is 3.22. The second-order valence-corrected chi connectivity index (χ2v) is 7.18. The Kier molecular flexibility index (Phi) is 4.52. The Labute approximate surface area is 135 Å². The van der Waals surface area contributed by atoms with Crippen molar-refractivity contribution in [2.45, 2.75) is 46.1 Å². The van der Waals surface area contributed by atoms with Gasteiger partial charge in [0.05, 0.1) is 5.54 Å². The van der Waals surface area contributed by atoms with E-state index < -0.39 is 11.6 Å². The molecule has 0 radical (unpaired) electrons. The first-order valence-electron chi connectivity index (χ1n) is 7.41. The summed E-state index contributed by atoms with van der Waals surface area (Å²) in [6.45, 7) is 9.20. The van der Waals surface area contributed by atoms with Gasteiger partial charge >= 0.3 is 6.09 Å². The minimum Gasteiger partial charge on any atom is -0.465 e. The molecule has 1 amide bonds. The molecule has 1 aromatic rings. The smallest absolute Gasteiger partial charge is 0.407 e. The third-order valence-corrected chi connectivity index (χ3v) is 4.79. The van der Waals surface area contributed by atoms with Gasteiger partial charge in [0, 0.05) is 24.8 Å². The summed E-state index contributed by atoms with van der Waals surface area (Å²) >= 11 is 5.85. The zero-order valence-corrected chi connectivity index (χ0v) is 14.2. The summed E-state index contributed by atoms with van der Waals surface area (Å²) in [5, 5.41) is 13.0. The number of nitrogens with zero attached hydrogens (tertiary/aromatic N) is 3. The molecule has 6 nitrogen and oxygen atoms in total. The maximum absolute atomic E-state index is 11.6. The van der Waals surface area contributed by atoms with Gasteiger partial charge in [0.2, 0.25) is 5.28 Å². The summed E-state index contributed by atoms with van der Waals surface area (Å²) < 4.78 is 0. The molecule has 0 aliphatic carbocycles. The third kappa shape index (κ3) is 2.97. The van der Waals surface area contributed by atoms with Crippen LogP contribution in [0.15, 0.2) is 6.20 Å². The normalized spacial score (nSPS) is 22.0. The highest BCUT2D eigenvalue weighted by atomic mass is 35.5. The lowest BCUT2D eigenvalue weighted by atomic mass is 9.71. The zero-order chi connectivity index (χ0) is 16.5. The number of aryl methyl sites for hydroxylation is 1. The van der Waals surface area contributed by atoms with E-state index in [9.17, 15) is 9.90 Å². The summed E-state index contributed by atoms with van der Waals surface area (Å²) in [7, 11) is 0. The van der Waals surface area contributed by atoms with E-state index in [4.69, 9.17) is 11.6 Å². The van der Waals surface area contributed by atoms with Crippen LogP contribution in [0.2, 0.25) is 5.28 Å². The van der Waals surface area contributed by atoms with E-state index >= 15 is 0 Å². The van der Waals surface area contributed by atoms with Gasteiger partial charge in [-0.25, -0.2) is 14.8 Å². The number of anilines is 1. The summed E-state index contributed by atoms with van der Waals surface area (Å²) in [5.41, 5.74) is 0.218. The number of carboxylic acid groups (broad SMARTS) is 1. The Hall–Kier alpha value is -1.56.